The quantitative estimate of drug-likeness (QED) is 0.389. The van der Waals surface area contributed by atoms with Gasteiger partial charge in [-0.15, -0.1) is 0 Å². The summed E-state index contributed by atoms with van der Waals surface area (Å²) in [6.07, 6.45) is 4.75. The third-order valence-electron chi connectivity index (χ3n) is 8.05. The number of carbonyl (C=O) groups is 1. The molecule has 2 aromatic heterocycles. The van der Waals surface area contributed by atoms with Gasteiger partial charge in [-0.05, 0) is 81.0 Å². The van der Waals surface area contributed by atoms with Gasteiger partial charge >= 0.3 is 5.97 Å². The molecule has 8 heteroatoms. The van der Waals surface area contributed by atoms with Gasteiger partial charge in [-0.25, -0.2) is 9.18 Å². The summed E-state index contributed by atoms with van der Waals surface area (Å²) in [6.45, 7) is 5.16. The Hall–Kier alpha value is -3.23. The number of aryl methyl sites for hydroxylation is 1. The largest absolute Gasteiger partial charge is 0.479 e. The first-order valence-corrected chi connectivity index (χ1v) is 12.6. The molecular weight excluding hydrogens is 461 g/mol. The molecule has 0 bridgehead atoms. The van der Waals surface area contributed by atoms with Crippen molar-refractivity contribution < 1.29 is 23.8 Å². The minimum absolute atomic E-state index is 0.0425. The van der Waals surface area contributed by atoms with E-state index in [1.54, 1.807) is 13.8 Å². The van der Waals surface area contributed by atoms with Gasteiger partial charge < -0.3 is 19.1 Å². The van der Waals surface area contributed by atoms with Crippen LogP contribution in [0.3, 0.4) is 0 Å². The predicted molar refractivity (Wildman–Crippen MR) is 134 cm³/mol. The topological polar surface area (TPSA) is 89.4 Å². The highest BCUT2D eigenvalue weighted by atomic mass is 19.1. The zero-order valence-corrected chi connectivity index (χ0v) is 20.5. The van der Waals surface area contributed by atoms with Gasteiger partial charge in [-0.2, -0.15) is 5.10 Å². The average Bonchev–Trinajstić information content (AvgIpc) is 3.47. The Labute approximate surface area is 208 Å². The van der Waals surface area contributed by atoms with E-state index in [4.69, 9.17) is 9.47 Å². The molecule has 2 atom stereocenters. The monoisotopic (exact) mass is 491 g/mol. The molecule has 188 valence electrons. The number of nitrogens with zero attached hydrogens (tertiary/aromatic N) is 2. The first-order valence-electron chi connectivity index (χ1n) is 12.6. The first-order chi connectivity index (χ1) is 17.4. The Balaban J connectivity index is 1.61. The second-order valence-electron chi connectivity index (χ2n) is 10.4. The molecule has 2 aliphatic rings. The fourth-order valence-corrected chi connectivity index (χ4v) is 5.90. The van der Waals surface area contributed by atoms with Gasteiger partial charge in [0.05, 0.1) is 23.8 Å². The molecule has 2 aliphatic heterocycles. The zero-order valence-electron chi connectivity index (χ0n) is 20.5. The molecule has 4 aromatic rings. The number of halogens is 1. The van der Waals surface area contributed by atoms with E-state index >= 15 is 0 Å². The van der Waals surface area contributed by atoms with E-state index < -0.39 is 11.6 Å². The molecule has 0 aliphatic carbocycles. The van der Waals surface area contributed by atoms with Crippen molar-refractivity contribution in [2.75, 3.05) is 19.8 Å². The van der Waals surface area contributed by atoms with E-state index in [1.807, 2.05) is 18.3 Å². The van der Waals surface area contributed by atoms with E-state index in [1.165, 1.54) is 17.3 Å². The number of carboxylic acids is 1. The Bertz CT molecular complexity index is 1460. The average molecular weight is 492 g/mol. The summed E-state index contributed by atoms with van der Waals surface area (Å²) < 4.78 is 28.3. The minimum Gasteiger partial charge on any atom is -0.479 e. The van der Waals surface area contributed by atoms with Crippen LogP contribution < -0.4 is 0 Å². The molecule has 7 nitrogen and oxygen atoms in total. The van der Waals surface area contributed by atoms with Crippen molar-refractivity contribution in [3.63, 3.8) is 0 Å². The van der Waals surface area contributed by atoms with Crippen LogP contribution in [-0.4, -0.2) is 51.3 Å². The summed E-state index contributed by atoms with van der Waals surface area (Å²) in [7, 11) is 0. The smallest absolute Gasteiger partial charge is 0.335 e. The van der Waals surface area contributed by atoms with E-state index in [0.717, 1.165) is 40.3 Å². The minimum atomic E-state index is -1.17. The van der Waals surface area contributed by atoms with Crippen molar-refractivity contribution in [2.45, 2.75) is 57.0 Å². The SMILES string of the molecule is Cc1cc(-n2c(C3CCOCC3)c([C@@H]3CC[C@@](C)(C(=O)O)OC3)c3cc4[nH]ncc4cc32)ccc1F. The summed E-state index contributed by atoms with van der Waals surface area (Å²) in [5.41, 5.74) is 4.73. The second-order valence-corrected chi connectivity index (χ2v) is 10.4. The highest BCUT2D eigenvalue weighted by Crippen LogP contribution is 2.46. The summed E-state index contributed by atoms with van der Waals surface area (Å²) in [4.78, 5) is 11.8. The molecule has 4 heterocycles. The number of hydrogen-bond acceptors (Lipinski definition) is 4. The number of aromatic nitrogens is 3. The number of aliphatic carboxylic acids is 1. The molecule has 0 amide bonds. The Morgan fingerprint density at radius 1 is 1.19 bits per heavy atom. The second kappa shape index (κ2) is 8.71. The van der Waals surface area contributed by atoms with Crippen LogP contribution in [0.15, 0.2) is 36.5 Å². The summed E-state index contributed by atoms with van der Waals surface area (Å²) in [5, 5.41) is 19.1. The highest BCUT2D eigenvalue weighted by Gasteiger charge is 2.41. The molecular formula is C28H30FN3O4. The lowest BCUT2D eigenvalue weighted by molar-refractivity contribution is -0.170. The molecule has 0 saturated carbocycles. The Kier molecular flexibility index (Phi) is 5.61. The van der Waals surface area contributed by atoms with Gasteiger partial charge in [-0.1, -0.05) is 0 Å². The number of fused-ring (bicyclic) bond motifs is 2. The predicted octanol–water partition coefficient (Wildman–Crippen LogP) is 5.59. The maximum absolute atomic E-state index is 14.3. The van der Waals surface area contributed by atoms with Crippen molar-refractivity contribution in [3.05, 3.63) is 59.2 Å². The molecule has 2 aromatic carbocycles. The van der Waals surface area contributed by atoms with Crippen molar-refractivity contribution in [2.24, 2.45) is 0 Å². The van der Waals surface area contributed by atoms with Crippen molar-refractivity contribution in [3.8, 4) is 5.69 Å². The van der Waals surface area contributed by atoms with Crippen LogP contribution >= 0.6 is 0 Å². The van der Waals surface area contributed by atoms with Crippen LogP contribution in [0.1, 0.15) is 61.3 Å². The van der Waals surface area contributed by atoms with Gasteiger partial charge in [0, 0.05) is 47.2 Å². The van der Waals surface area contributed by atoms with Crippen LogP contribution in [0.2, 0.25) is 0 Å². The Morgan fingerprint density at radius 2 is 2.00 bits per heavy atom. The Morgan fingerprint density at radius 3 is 2.69 bits per heavy atom. The maximum atomic E-state index is 14.3. The number of ether oxygens (including phenoxy) is 2. The van der Waals surface area contributed by atoms with Gasteiger partial charge in [0.1, 0.15) is 5.82 Å². The van der Waals surface area contributed by atoms with Crippen LogP contribution in [0, 0.1) is 12.7 Å². The third kappa shape index (κ3) is 3.71. The number of rotatable bonds is 4. The van der Waals surface area contributed by atoms with Gasteiger partial charge in [0.25, 0.3) is 0 Å². The standard InChI is InChI=1S/C28H30FN3O4/c1-16-11-20(3-4-22(16)29)32-24-12-19-14-30-31-23(19)13-21(24)25(26(32)17-6-9-35-10-7-17)18-5-8-28(2,27(33)34)36-15-18/h3-4,11-14,17-18H,5-10,15H2,1-2H3,(H,30,31)(H,33,34)/t18-,28+/m1/s1. The van der Waals surface area contributed by atoms with E-state index in [9.17, 15) is 14.3 Å². The van der Waals surface area contributed by atoms with Gasteiger partial charge in [0.15, 0.2) is 5.60 Å². The molecule has 6 rings (SSSR count). The lowest BCUT2D eigenvalue weighted by Crippen LogP contribution is -2.43. The zero-order chi connectivity index (χ0) is 25.0. The summed E-state index contributed by atoms with van der Waals surface area (Å²) in [6, 6.07) is 9.56. The number of benzene rings is 2. The number of carboxylic acid groups (broad SMARTS) is 1. The van der Waals surface area contributed by atoms with Gasteiger partial charge in [0.2, 0.25) is 0 Å². The van der Waals surface area contributed by atoms with Crippen molar-refractivity contribution in [1.82, 2.24) is 14.8 Å². The van der Waals surface area contributed by atoms with E-state index in [-0.39, 0.29) is 17.7 Å². The fraction of sp³-hybridized carbons (Fsp3) is 0.429. The number of aromatic amines is 1. The van der Waals surface area contributed by atoms with Crippen molar-refractivity contribution >= 4 is 27.8 Å². The normalized spacial score (nSPS) is 23.5. The van der Waals surface area contributed by atoms with E-state index in [2.05, 4.69) is 26.9 Å². The molecule has 0 unspecified atom stereocenters. The first kappa shape index (κ1) is 23.2. The number of nitrogens with one attached hydrogen (secondary N) is 1. The molecule has 0 spiro atoms. The lowest BCUT2D eigenvalue weighted by atomic mass is 9.82. The summed E-state index contributed by atoms with van der Waals surface area (Å²) in [5.74, 6) is -0.848. The van der Waals surface area contributed by atoms with Crippen LogP contribution in [-0.2, 0) is 14.3 Å². The molecule has 0 radical (unpaired) electrons. The lowest BCUT2D eigenvalue weighted by Gasteiger charge is -2.35. The summed E-state index contributed by atoms with van der Waals surface area (Å²) >= 11 is 0. The van der Waals surface area contributed by atoms with Gasteiger partial charge in [-0.3, -0.25) is 5.10 Å². The molecule has 2 saturated heterocycles. The maximum Gasteiger partial charge on any atom is 0.335 e. The van der Waals surface area contributed by atoms with E-state index in [0.29, 0.717) is 38.2 Å². The van der Waals surface area contributed by atoms with Crippen LogP contribution in [0.4, 0.5) is 4.39 Å². The molecule has 2 fully saturated rings. The van der Waals surface area contributed by atoms with Crippen LogP contribution in [0.25, 0.3) is 27.5 Å². The highest BCUT2D eigenvalue weighted by molar-refractivity contribution is 5.99. The number of hydrogen-bond donors (Lipinski definition) is 2. The van der Waals surface area contributed by atoms with Crippen molar-refractivity contribution in [1.29, 1.82) is 0 Å². The number of H-pyrrole nitrogens is 1. The third-order valence-corrected chi connectivity index (χ3v) is 8.05. The fourth-order valence-electron chi connectivity index (χ4n) is 5.90. The van der Waals surface area contributed by atoms with Crippen LogP contribution in [0.5, 0.6) is 0 Å². The molecule has 2 N–H and O–H groups in total. The molecule has 36 heavy (non-hydrogen) atoms.